The van der Waals surface area contributed by atoms with Crippen molar-refractivity contribution in [1.29, 1.82) is 0 Å². The minimum atomic E-state index is -0.219. The maximum atomic E-state index is 13.2. The van der Waals surface area contributed by atoms with E-state index < -0.39 is 0 Å². The van der Waals surface area contributed by atoms with Gasteiger partial charge in [-0.25, -0.2) is 13.9 Å². The molecule has 4 heteroatoms. The summed E-state index contributed by atoms with van der Waals surface area (Å²) in [5, 5.41) is 0. The third kappa shape index (κ3) is 2.98. The highest BCUT2D eigenvalue weighted by molar-refractivity contribution is 5.74. The number of fused-ring (bicyclic) bond motifs is 1. The number of nitrogens with one attached hydrogen (secondary N) is 1. The Balaban J connectivity index is 1.83. The van der Waals surface area contributed by atoms with Gasteiger partial charge in [0.2, 0.25) is 0 Å². The summed E-state index contributed by atoms with van der Waals surface area (Å²) in [4.78, 5) is 3.50. The van der Waals surface area contributed by atoms with Gasteiger partial charge in [-0.3, -0.25) is 0 Å². The maximum Gasteiger partial charge on any atom is 0.287 e. The van der Waals surface area contributed by atoms with Crippen LogP contribution in [-0.2, 0) is 6.54 Å². The lowest BCUT2D eigenvalue weighted by atomic mass is 10.2. The van der Waals surface area contributed by atoms with Crippen molar-refractivity contribution in [1.82, 2.24) is 4.98 Å². The number of rotatable bonds is 4. The number of aromatic nitrogens is 2. The number of halogens is 1. The molecule has 0 fully saturated rings. The standard InChI is InChI=1S/C21H17FN2O/c1-25-18-12-8-16(9-13-18)21-23-19-4-2-3-5-20(19)24(21)14-15-6-10-17(22)11-7-15/h2-13H,14H2,1H3/p+1. The van der Waals surface area contributed by atoms with Crippen molar-refractivity contribution in [3.63, 3.8) is 0 Å². The van der Waals surface area contributed by atoms with Crippen LogP contribution in [-0.4, -0.2) is 12.1 Å². The van der Waals surface area contributed by atoms with Gasteiger partial charge in [0, 0.05) is 0 Å². The molecule has 0 saturated carbocycles. The number of hydrogen-bond acceptors (Lipinski definition) is 1. The summed E-state index contributed by atoms with van der Waals surface area (Å²) in [5.41, 5.74) is 4.29. The van der Waals surface area contributed by atoms with E-state index in [0.717, 1.165) is 33.7 Å². The Labute approximate surface area is 145 Å². The molecule has 124 valence electrons. The molecule has 0 aliphatic carbocycles. The van der Waals surface area contributed by atoms with E-state index in [2.05, 4.69) is 21.7 Å². The fraction of sp³-hybridized carbons (Fsp3) is 0.0952. The first-order valence-corrected chi connectivity index (χ1v) is 8.14. The first-order valence-electron chi connectivity index (χ1n) is 8.14. The maximum absolute atomic E-state index is 13.2. The van der Waals surface area contributed by atoms with Crippen LogP contribution in [0.15, 0.2) is 72.8 Å². The third-order valence-electron chi connectivity index (χ3n) is 4.34. The first kappa shape index (κ1) is 15.4. The molecule has 0 bridgehead atoms. The van der Waals surface area contributed by atoms with E-state index in [0.29, 0.717) is 6.54 Å². The summed E-state index contributed by atoms with van der Waals surface area (Å²) in [6.45, 7) is 0.658. The van der Waals surface area contributed by atoms with Crippen LogP contribution in [0.25, 0.3) is 22.4 Å². The Kier molecular flexibility index (Phi) is 3.94. The topological polar surface area (TPSA) is 28.9 Å². The average molecular weight is 333 g/mol. The highest BCUT2D eigenvalue weighted by Gasteiger charge is 2.20. The largest absolute Gasteiger partial charge is 0.497 e. The summed E-state index contributed by atoms with van der Waals surface area (Å²) in [7, 11) is 1.66. The molecule has 0 aliphatic rings. The fourth-order valence-corrected chi connectivity index (χ4v) is 3.04. The minimum Gasteiger partial charge on any atom is -0.497 e. The molecule has 0 spiro atoms. The molecule has 3 aromatic carbocycles. The predicted molar refractivity (Wildman–Crippen MR) is 96.0 cm³/mol. The van der Waals surface area contributed by atoms with Gasteiger partial charge >= 0.3 is 0 Å². The highest BCUT2D eigenvalue weighted by atomic mass is 19.1. The van der Waals surface area contributed by atoms with Crippen molar-refractivity contribution in [3.8, 4) is 17.1 Å². The van der Waals surface area contributed by atoms with Crippen molar-refractivity contribution in [2.24, 2.45) is 0 Å². The summed E-state index contributed by atoms with van der Waals surface area (Å²) in [6.07, 6.45) is 0. The summed E-state index contributed by atoms with van der Waals surface area (Å²) in [5.74, 6) is 1.61. The third-order valence-corrected chi connectivity index (χ3v) is 4.34. The number of para-hydroxylation sites is 2. The molecule has 0 aliphatic heterocycles. The van der Waals surface area contributed by atoms with Gasteiger partial charge in [0.1, 0.15) is 18.1 Å². The lowest BCUT2D eigenvalue weighted by Gasteiger charge is -2.04. The predicted octanol–water partition coefficient (Wildman–Crippen LogP) is 4.32. The molecule has 0 atom stereocenters. The number of ether oxygens (including phenoxy) is 1. The van der Waals surface area contributed by atoms with E-state index in [1.807, 2.05) is 48.5 Å². The van der Waals surface area contributed by atoms with E-state index in [9.17, 15) is 4.39 Å². The summed E-state index contributed by atoms with van der Waals surface area (Å²) < 4.78 is 20.7. The molecular formula is C21H18FN2O+. The normalized spacial score (nSPS) is 11.0. The molecule has 25 heavy (non-hydrogen) atoms. The molecular weight excluding hydrogens is 315 g/mol. The van der Waals surface area contributed by atoms with Crippen LogP contribution in [0.1, 0.15) is 5.56 Å². The van der Waals surface area contributed by atoms with Crippen LogP contribution < -0.4 is 9.30 Å². The SMILES string of the molecule is COc1ccc(-c2[nH]c3ccccc3[n+]2Cc2ccc(F)cc2)cc1. The van der Waals surface area contributed by atoms with Gasteiger partial charge in [-0.2, -0.15) is 0 Å². The van der Waals surface area contributed by atoms with Gasteiger partial charge in [-0.05, 0) is 54.1 Å². The van der Waals surface area contributed by atoms with Gasteiger partial charge in [0.15, 0.2) is 11.0 Å². The number of aromatic amines is 1. The van der Waals surface area contributed by atoms with Crippen LogP contribution in [0.2, 0.25) is 0 Å². The van der Waals surface area contributed by atoms with Gasteiger partial charge in [0.05, 0.1) is 12.7 Å². The number of imidazole rings is 1. The fourth-order valence-electron chi connectivity index (χ4n) is 3.04. The second-order valence-corrected chi connectivity index (χ2v) is 5.93. The molecule has 4 aromatic rings. The average Bonchev–Trinajstić information content (AvgIpc) is 3.02. The van der Waals surface area contributed by atoms with Crippen LogP contribution in [0, 0.1) is 5.82 Å². The monoisotopic (exact) mass is 333 g/mol. The number of nitrogens with zero attached hydrogens (tertiary/aromatic N) is 1. The zero-order valence-corrected chi connectivity index (χ0v) is 13.9. The van der Waals surface area contributed by atoms with Crippen LogP contribution in [0.3, 0.4) is 0 Å². The van der Waals surface area contributed by atoms with E-state index in [1.165, 1.54) is 12.1 Å². The minimum absolute atomic E-state index is 0.219. The first-order chi connectivity index (χ1) is 12.2. The van der Waals surface area contributed by atoms with E-state index in [4.69, 9.17) is 4.74 Å². The van der Waals surface area contributed by atoms with Crippen molar-refractivity contribution < 1.29 is 13.7 Å². The molecule has 4 rings (SSSR count). The van der Waals surface area contributed by atoms with E-state index in [1.54, 1.807) is 7.11 Å². The molecule has 0 unspecified atom stereocenters. The highest BCUT2D eigenvalue weighted by Crippen LogP contribution is 2.22. The lowest BCUT2D eigenvalue weighted by molar-refractivity contribution is -0.651. The number of hydrogen-bond donors (Lipinski definition) is 1. The molecule has 0 saturated heterocycles. The van der Waals surface area contributed by atoms with E-state index >= 15 is 0 Å². The molecule has 1 aromatic heterocycles. The van der Waals surface area contributed by atoms with Crippen molar-refractivity contribution in [2.45, 2.75) is 6.54 Å². The summed E-state index contributed by atoms with van der Waals surface area (Å²) in [6, 6.07) is 22.8. The van der Waals surface area contributed by atoms with Gasteiger partial charge in [0.25, 0.3) is 5.82 Å². The molecule has 0 radical (unpaired) electrons. The zero-order valence-electron chi connectivity index (χ0n) is 13.9. The van der Waals surface area contributed by atoms with Crippen molar-refractivity contribution in [3.05, 3.63) is 84.2 Å². The second-order valence-electron chi connectivity index (χ2n) is 5.93. The van der Waals surface area contributed by atoms with Crippen LogP contribution >= 0.6 is 0 Å². The Morgan fingerprint density at radius 2 is 1.64 bits per heavy atom. The van der Waals surface area contributed by atoms with Crippen LogP contribution in [0.4, 0.5) is 4.39 Å². The van der Waals surface area contributed by atoms with Gasteiger partial charge < -0.3 is 4.74 Å². The zero-order chi connectivity index (χ0) is 17.2. The lowest BCUT2D eigenvalue weighted by Crippen LogP contribution is -2.35. The van der Waals surface area contributed by atoms with Crippen LogP contribution in [0.5, 0.6) is 5.75 Å². The quantitative estimate of drug-likeness (QED) is 0.554. The second kappa shape index (κ2) is 6.40. The van der Waals surface area contributed by atoms with Gasteiger partial charge in [-0.15, -0.1) is 0 Å². The Morgan fingerprint density at radius 3 is 2.36 bits per heavy atom. The molecule has 0 amide bonds. The number of benzene rings is 3. The van der Waals surface area contributed by atoms with Crippen molar-refractivity contribution in [2.75, 3.05) is 7.11 Å². The van der Waals surface area contributed by atoms with Crippen molar-refractivity contribution >= 4 is 11.0 Å². The molecule has 3 nitrogen and oxygen atoms in total. The smallest absolute Gasteiger partial charge is 0.287 e. The number of H-pyrrole nitrogens is 1. The summed E-state index contributed by atoms with van der Waals surface area (Å²) >= 11 is 0. The molecule has 1 N–H and O–H groups in total. The Morgan fingerprint density at radius 1 is 0.920 bits per heavy atom. The Hall–Kier alpha value is -3.14. The Bertz CT molecular complexity index is 1000. The molecule has 1 heterocycles. The number of methoxy groups -OCH3 is 1. The van der Waals surface area contributed by atoms with Gasteiger partial charge in [-0.1, -0.05) is 24.3 Å². The van der Waals surface area contributed by atoms with E-state index in [-0.39, 0.29) is 5.82 Å².